The Morgan fingerprint density at radius 2 is 1.82 bits per heavy atom. The maximum absolute atomic E-state index is 13.3. The minimum absolute atomic E-state index is 0.0521. The third-order valence-corrected chi connectivity index (χ3v) is 6.10. The van der Waals surface area contributed by atoms with Crippen LogP contribution in [0.15, 0.2) is 12.5 Å². The number of H-pyrrole nitrogens is 1. The van der Waals surface area contributed by atoms with E-state index < -0.39 is 35.9 Å². The van der Waals surface area contributed by atoms with Gasteiger partial charge in [0.25, 0.3) is 0 Å². The molecule has 1 aliphatic rings. The van der Waals surface area contributed by atoms with Crippen molar-refractivity contribution in [3.05, 3.63) is 18.2 Å². The first kappa shape index (κ1) is 27.3. The second-order valence-electron chi connectivity index (χ2n) is 9.39. The molecule has 1 aromatic heterocycles. The van der Waals surface area contributed by atoms with Crippen molar-refractivity contribution in [3.8, 4) is 0 Å². The maximum Gasteiger partial charge on any atom is 0.326 e. The lowest BCUT2D eigenvalue weighted by molar-refractivity contribution is -0.142. The molecule has 1 aliphatic heterocycles. The molecule has 2 rings (SSSR count). The smallest absolute Gasteiger partial charge is 0.326 e. The fourth-order valence-electron chi connectivity index (χ4n) is 3.92. The molecule has 34 heavy (non-hydrogen) atoms. The van der Waals surface area contributed by atoms with Crippen molar-refractivity contribution < 1.29 is 24.3 Å². The van der Waals surface area contributed by atoms with Crippen LogP contribution in [0.5, 0.6) is 0 Å². The zero-order valence-corrected chi connectivity index (χ0v) is 20.4. The Balaban J connectivity index is 2.17. The van der Waals surface area contributed by atoms with Crippen LogP contribution in [0.1, 0.15) is 59.1 Å². The monoisotopic (exact) mass is 478 g/mol. The standard InChI is InChI=1S/C23H38N6O5/c1-5-14(4)19(29-20(30)16-7-6-8-25-16)22(32)27-17(10-15-11-24-12-26-15)21(31)28-18(23(33)34)9-13(2)3/h11-14,16-19,25H,5-10H2,1-4H3,(H,24,26)(H,27,32)(H,28,31)(H,29,30)(H,33,34). The number of hydrogen-bond donors (Lipinski definition) is 6. The highest BCUT2D eigenvalue weighted by atomic mass is 16.4. The maximum atomic E-state index is 13.3. The lowest BCUT2D eigenvalue weighted by Gasteiger charge is -2.28. The first-order valence-corrected chi connectivity index (χ1v) is 12.0. The van der Waals surface area contributed by atoms with E-state index >= 15 is 0 Å². The number of carboxylic acids is 1. The van der Waals surface area contributed by atoms with E-state index in [1.807, 2.05) is 27.7 Å². The molecule has 190 valence electrons. The Morgan fingerprint density at radius 3 is 2.35 bits per heavy atom. The third-order valence-electron chi connectivity index (χ3n) is 6.10. The van der Waals surface area contributed by atoms with Gasteiger partial charge in [0.1, 0.15) is 18.1 Å². The first-order valence-electron chi connectivity index (χ1n) is 12.0. The number of carboxylic acid groups (broad SMARTS) is 1. The van der Waals surface area contributed by atoms with Crippen molar-refractivity contribution in [1.82, 2.24) is 31.2 Å². The van der Waals surface area contributed by atoms with Crippen molar-refractivity contribution in [2.45, 2.75) is 84.0 Å². The number of carbonyl (C=O) groups excluding carboxylic acids is 3. The number of imidazole rings is 1. The fraction of sp³-hybridized carbons (Fsp3) is 0.696. The summed E-state index contributed by atoms with van der Waals surface area (Å²) in [6.45, 7) is 8.27. The Labute approximate surface area is 200 Å². The molecule has 3 amide bonds. The molecule has 6 N–H and O–H groups in total. The number of aromatic nitrogens is 2. The minimum Gasteiger partial charge on any atom is -0.480 e. The highest BCUT2D eigenvalue weighted by molar-refractivity contribution is 5.94. The molecule has 0 saturated carbocycles. The van der Waals surface area contributed by atoms with E-state index in [0.29, 0.717) is 18.5 Å². The highest BCUT2D eigenvalue weighted by Gasteiger charge is 2.33. The average Bonchev–Trinajstić information content (AvgIpc) is 3.49. The summed E-state index contributed by atoms with van der Waals surface area (Å²) in [7, 11) is 0. The van der Waals surface area contributed by atoms with Gasteiger partial charge in [0, 0.05) is 18.3 Å². The fourth-order valence-corrected chi connectivity index (χ4v) is 3.92. The molecule has 11 heteroatoms. The van der Waals surface area contributed by atoms with Crippen molar-refractivity contribution >= 4 is 23.7 Å². The Hall–Kier alpha value is -2.95. The first-order chi connectivity index (χ1) is 16.1. The number of amides is 3. The zero-order chi connectivity index (χ0) is 25.3. The molecule has 1 fully saturated rings. The minimum atomic E-state index is -1.14. The second kappa shape index (κ2) is 13.1. The van der Waals surface area contributed by atoms with Gasteiger partial charge in [-0.1, -0.05) is 34.1 Å². The van der Waals surface area contributed by atoms with Crippen LogP contribution in [0.25, 0.3) is 0 Å². The molecular formula is C23H38N6O5. The number of aliphatic carboxylic acids is 1. The van der Waals surface area contributed by atoms with Crippen molar-refractivity contribution in [3.63, 3.8) is 0 Å². The van der Waals surface area contributed by atoms with Crippen LogP contribution >= 0.6 is 0 Å². The number of carbonyl (C=O) groups is 4. The van der Waals surface area contributed by atoms with Crippen LogP contribution in [-0.4, -0.2) is 69.5 Å². The molecule has 1 aromatic rings. The Morgan fingerprint density at radius 1 is 1.12 bits per heavy atom. The van der Waals surface area contributed by atoms with E-state index in [1.54, 1.807) is 0 Å². The van der Waals surface area contributed by atoms with Gasteiger partial charge in [-0.25, -0.2) is 9.78 Å². The van der Waals surface area contributed by atoms with Gasteiger partial charge in [0.15, 0.2) is 0 Å². The molecule has 0 radical (unpaired) electrons. The van der Waals surface area contributed by atoms with Crippen molar-refractivity contribution in [1.29, 1.82) is 0 Å². The Bertz CT molecular complexity index is 822. The summed E-state index contributed by atoms with van der Waals surface area (Å²) >= 11 is 0. The van der Waals surface area contributed by atoms with Gasteiger partial charge in [-0.05, 0) is 37.6 Å². The van der Waals surface area contributed by atoms with Gasteiger partial charge in [0.05, 0.1) is 12.4 Å². The summed E-state index contributed by atoms with van der Waals surface area (Å²) in [6, 6.07) is -3.29. The van der Waals surface area contributed by atoms with E-state index in [9.17, 15) is 24.3 Å². The van der Waals surface area contributed by atoms with Crippen LogP contribution in [-0.2, 0) is 25.6 Å². The summed E-state index contributed by atoms with van der Waals surface area (Å²) < 4.78 is 0. The lowest BCUT2D eigenvalue weighted by atomic mass is 9.97. The van der Waals surface area contributed by atoms with E-state index in [-0.39, 0.29) is 36.6 Å². The van der Waals surface area contributed by atoms with Gasteiger partial charge in [0.2, 0.25) is 17.7 Å². The van der Waals surface area contributed by atoms with E-state index in [0.717, 1.165) is 13.0 Å². The van der Waals surface area contributed by atoms with Gasteiger partial charge >= 0.3 is 5.97 Å². The SMILES string of the molecule is CCC(C)C(NC(=O)C1CCCN1)C(=O)NC(Cc1cnc[nH]1)C(=O)NC(CC(C)C)C(=O)O. The predicted octanol–water partition coefficient (Wildman–Crippen LogP) is 0.335. The summed E-state index contributed by atoms with van der Waals surface area (Å²) in [5.41, 5.74) is 0.607. The van der Waals surface area contributed by atoms with Crippen LogP contribution in [0.3, 0.4) is 0 Å². The molecule has 5 unspecified atom stereocenters. The summed E-state index contributed by atoms with van der Waals surface area (Å²) in [5, 5.41) is 20.8. The van der Waals surface area contributed by atoms with E-state index in [4.69, 9.17) is 0 Å². The molecule has 1 saturated heterocycles. The number of nitrogens with one attached hydrogen (secondary N) is 5. The average molecular weight is 479 g/mol. The zero-order valence-electron chi connectivity index (χ0n) is 20.4. The quantitative estimate of drug-likeness (QED) is 0.238. The molecule has 0 aromatic carbocycles. The van der Waals surface area contributed by atoms with Crippen LogP contribution in [0.4, 0.5) is 0 Å². The topological polar surface area (TPSA) is 165 Å². The summed E-state index contributed by atoms with van der Waals surface area (Å²) in [4.78, 5) is 57.5. The molecule has 0 bridgehead atoms. The van der Waals surface area contributed by atoms with E-state index in [2.05, 4.69) is 31.2 Å². The number of hydrogen-bond acceptors (Lipinski definition) is 6. The highest BCUT2D eigenvalue weighted by Crippen LogP contribution is 2.12. The number of rotatable bonds is 13. The molecular weight excluding hydrogens is 440 g/mol. The van der Waals surface area contributed by atoms with Crippen LogP contribution in [0.2, 0.25) is 0 Å². The molecule has 11 nitrogen and oxygen atoms in total. The third kappa shape index (κ3) is 8.12. The Kier molecular flexibility index (Phi) is 10.5. The van der Waals surface area contributed by atoms with Crippen molar-refractivity contribution in [2.24, 2.45) is 11.8 Å². The van der Waals surface area contributed by atoms with Gasteiger partial charge in [-0.2, -0.15) is 0 Å². The van der Waals surface area contributed by atoms with Gasteiger partial charge in [-0.15, -0.1) is 0 Å². The number of nitrogens with zero attached hydrogens (tertiary/aromatic N) is 1. The number of aromatic amines is 1. The summed E-state index contributed by atoms with van der Waals surface area (Å²) in [5.74, 6) is -2.60. The largest absolute Gasteiger partial charge is 0.480 e. The second-order valence-corrected chi connectivity index (χ2v) is 9.39. The van der Waals surface area contributed by atoms with Crippen LogP contribution in [0, 0.1) is 11.8 Å². The van der Waals surface area contributed by atoms with Gasteiger partial charge in [-0.3, -0.25) is 14.4 Å². The molecule has 0 aliphatic carbocycles. The summed E-state index contributed by atoms with van der Waals surface area (Å²) in [6.07, 6.45) is 5.59. The van der Waals surface area contributed by atoms with Crippen molar-refractivity contribution in [2.75, 3.05) is 6.54 Å². The molecule has 0 spiro atoms. The lowest BCUT2D eigenvalue weighted by Crippen LogP contribution is -2.59. The predicted molar refractivity (Wildman–Crippen MR) is 126 cm³/mol. The molecule has 2 heterocycles. The van der Waals surface area contributed by atoms with Gasteiger partial charge < -0.3 is 31.4 Å². The normalized spacial score (nSPS) is 19.1. The van der Waals surface area contributed by atoms with Crippen LogP contribution < -0.4 is 21.3 Å². The molecule has 5 atom stereocenters. The van der Waals surface area contributed by atoms with E-state index in [1.165, 1.54) is 12.5 Å².